The monoisotopic (exact) mass is 300 g/mol. The molecule has 1 atom stereocenters. The molecular formula is C15H20N6O. The molecule has 2 amide bonds. The molecule has 7 nitrogen and oxygen atoms in total. The van der Waals surface area contributed by atoms with Gasteiger partial charge in [0.25, 0.3) is 0 Å². The van der Waals surface area contributed by atoms with Crippen molar-refractivity contribution in [3.63, 3.8) is 0 Å². The van der Waals surface area contributed by atoms with E-state index >= 15 is 0 Å². The SMILES string of the molecule is Cn1cnc(-c2cccc(NC(=O)NCC3CCCN3)c2)n1. The zero-order valence-electron chi connectivity index (χ0n) is 12.5. The molecule has 0 saturated carbocycles. The third-order valence-electron chi connectivity index (χ3n) is 3.65. The van der Waals surface area contributed by atoms with Crippen LogP contribution in [-0.2, 0) is 7.05 Å². The number of hydrogen-bond acceptors (Lipinski definition) is 4. The molecule has 1 aromatic heterocycles. The van der Waals surface area contributed by atoms with Crippen molar-refractivity contribution in [1.29, 1.82) is 0 Å². The molecule has 1 fully saturated rings. The molecule has 1 aliphatic heterocycles. The summed E-state index contributed by atoms with van der Waals surface area (Å²) in [6.45, 7) is 1.68. The highest BCUT2D eigenvalue weighted by Crippen LogP contribution is 2.18. The van der Waals surface area contributed by atoms with Crippen LogP contribution in [0.25, 0.3) is 11.4 Å². The van der Waals surface area contributed by atoms with Crippen LogP contribution in [0.1, 0.15) is 12.8 Å². The number of carbonyl (C=O) groups is 1. The van der Waals surface area contributed by atoms with Crippen LogP contribution in [0.15, 0.2) is 30.6 Å². The van der Waals surface area contributed by atoms with Gasteiger partial charge in [-0.3, -0.25) is 4.68 Å². The van der Waals surface area contributed by atoms with Crippen LogP contribution in [0.4, 0.5) is 10.5 Å². The molecule has 0 spiro atoms. The van der Waals surface area contributed by atoms with Crippen molar-refractivity contribution in [2.24, 2.45) is 7.05 Å². The predicted molar refractivity (Wildman–Crippen MR) is 84.5 cm³/mol. The minimum atomic E-state index is -0.195. The first kappa shape index (κ1) is 14.5. The summed E-state index contributed by atoms with van der Waals surface area (Å²) in [5.74, 6) is 0.640. The lowest BCUT2D eigenvalue weighted by Crippen LogP contribution is -2.39. The Bertz CT molecular complexity index is 647. The number of amides is 2. The Kier molecular flexibility index (Phi) is 4.34. The molecule has 1 aliphatic rings. The Morgan fingerprint density at radius 2 is 2.41 bits per heavy atom. The number of urea groups is 1. The van der Waals surface area contributed by atoms with E-state index in [2.05, 4.69) is 26.0 Å². The Morgan fingerprint density at radius 3 is 3.14 bits per heavy atom. The second kappa shape index (κ2) is 6.57. The molecule has 0 aliphatic carbocycles. The summed E-state index contributed by atoms with van der Waals surface area (Å²) in [7, 11) is 1.82. The van der Waals surface area contributed by atoms with Crippen molar-refractivity contribution in [2.75, 3.05) is 18.4 Å². The highest BCUT2D eigenvalue weighted by Gasteiger charge is 2.14. The summed E-state index contributed by atoms with van der Waals surface area (Å²) < 4.78 is 1.65. The van der Waals surface area contributed by atoms with E-state index in [0.717, 1.165) is 24.2 Å². The van der Waals surface area contributed by atoms with Crippen molar-refractivity contribution in [3.8, 4) is 11.4 Å². The van der Waals surface area contributed by atoms with Crippen LogP contribution < -0.4 is 16.0 Å². The van der Waals surface area contributed by atoms with E-state index in [4.69, 9.17) is 0 Å². The third kappa shape index (κ3) is 3.62. The minimum Gasteiger partial charge on any atom is -0.336 e. The average Bonchev–Trinajstić information content (AvgIpc) is 3.17. The van der Waals surface area contributed by atoms with Crippen molar-refractivity contribution >= 4 is 11.7 Å². The maximum Gasteiger partial charge on any atom is 0.319 e. The van der Waals surface area contributed by atoms with Gasteiger partial charge < -0.3 is 16.0 Å². The number of aryl methyl sites for hydroxylation is 1. The first-order valence-corrected chi connectivity index (χ1v) is 7.45. The van der Waals surface area contributed by atoms with Gasteiger partial charge in [-0.2, -0.15) is 5.10 Å². The first-order valence-electron chi connectivity index (χ1n) is 7.45. The fourth-order valence-corrected chi connectivity index (χ4v) is 2.53. The predicted octanol–water partition coefficient (Wildman–Crippen LogP) is 1.36. The van der Waals surface area contributed by atoms with Gasteiger partial charge >= 0.3 is 6.03 Å². The Labute approximate surface area is 129 Å². The fourth-order valence-electron chi connectivity index (χ4n) is 2.53. The van der Waals surface area contributed by atoms with E-state index in [0.29, 0.717) is 18.4 Å². The van der Waals surface area contributed by atoms with Crippen LogP contribution in [0.3, 0.4) is 0 Å². The van der Waals surface area contributed by atoms with Gasteiger partial charge in [0.05, 0.1) is 0 Å². The Morgan fingerprint density at radius 1 is 1.50 bits per heavy atom. The number of aromatic nitrogens is 3. The van der Waals surface area contributed by atoms with E-state index in [1.807, 2.05) is 31.3 Å². The van der Waals surface area contributed by atoms with E-state index in [-0.39, 0.29) is 6.03 Å². The zero-order valence-corrected chi connectivity index (χ0v) is 12.5. The number of nitrogens with one attached hydrogen (secondary N) is 3. The standard InChI is InChI=1S/C15H20N6O/c1-21-10-18-14(20-21)11-4-2-5-12(8-11)19-15(22)17-9-13-6-3-7-16-13/h2,4-5,8,10,13,16H,3,6-7,9H2,1H3,(H2,17,19,22). The lowest BCUT2D eigenvalue weighted by molar-refractivity contribution is 0.251. The number of anilines is 1. The fraction of sp³-hybridized carbons (Fsp3) is 0.400. The van der Waals surface area contributed by atoms with E-state index < -0.39 is 0 Å². The van der Waals surface area contributed by atoms with Gasteiger partial charge in [0.1, 0.15) is 6.33 Å². The number of benzene rings is 1. The van der Waals surface area contributed by atoms with Gasteiger partial charge in [-0.25, -0.2) is 9.78 Å². The van der Waals surface area contributed by atoms with Crippen molar-refractivity contribution in [1.82, 2.24) is 25.4 Å². The van der Waals surface area contributed by atoms with Gasteiger partial charge in [-0.05, 0) is 31.5 Å². The molecule has 116 valence electrons. The highest BCUT2D eigenvalue weighted by atomic mass is 16.2. The van der Waals surface area contributed by atoms with Crippen molar-refractivity contribution in [2.45, 2.75) is 18.9 Å². The van der Waals surface area contributed by atoms with E-state index in [1.54, 1.807) is 11.0 Å². The highest BCUT2D eigenvalue weighted by molar-refractivity contribution is 5.89. The molecule has 1 saturated heterocycles. The Hall–Kier alpha value is -2.41. The summed E-state index contributed by atoms with van der Waals surface area (Å²) in [4.78, 5) is 16.1. The van der Waals surface area contributed by atoms with Crippen molar-refractivity contribution < 1.29 is 4.79 Å². The molecule has 7 heteroatoms. The minimum absolute atomic E-state index is 0.195. The summed E-state index contributed by atoms with van der Waals surface area (Å²) in [6.07, 6.45) is 3.94. The largest absolute Gasteiger partial charge is 0.336 e. The Balaban J connectivity index is 1.58. The van der Waals surface area contributed by atoms with Crippen LogP contribution in [0.2, 0.25) is 0 Å². The summed E-state index contributed by atoms with van der Waals surface area (Å²) in [5, 5.41) is 13.3. The lowest BCUT2D eigenvalue weighted by Gasteiger charge is -2.12. The third-order valence-corrected chi connectivity index (χ3v) is 3.65. The lowest BCUT2D eigenvalue weighted by atomic mass is 10.2. The number of hydrogen-bond donors (Lipinski definition) is 3. The second-order valence-corrected chi connectivity index (χ2v) is 5.45. The van der Waals surface area contributed by atoms with Crippen LogP contribution >= 0.6 is 0 Å². The van der Waals surface area contributed by atoms with Crippen molar-refractivity contribution in [3.05, 3.63) is 30.6 Å². The normalized spacial score (nSPS) is 17.4. The molecule has 22 heavy (non-hydrogen) atoms. The van der Waals surface area contributed by atoms with E-state index in [1.165, 1.54) is 6.42 Å². The molecule has 0 bridgehead atoms. The maximum absolute atomic E-state index is 11.9. The quantitative estimate of drug-likeness (QED) is 0.796. The molecule has 3 rings (SSSR count). The summed E-state index contributed by atoms with van der Waals surface area (Å²) >= 11 is 0. The molecule has 0 radical (unpaired) electrons. The molecule has 2 heterocycles. The van der Waals surface area contributed by atoms with Gasteiger partial charge in [-0.1, -0.05) is 12.1 Å². The van der Waals surface area contributed by atoms with Gasteiger partial charge in [0, 0.05) is 30.9 Å². The van der Waals surface area contributed by atoms with Gasteiger partial charge in [-0.15, -0.1) is 0 Å². The van der Waals surface area contributed by atoms with Gasteiger partial charge in [0.15, 0.2) is 5.82 Å². The molecular weight excluding hydrogens is 280 g/mol. The molecule has 3 N–H and O–H groups in total. The van der Waals surface area contributed by atoms with Crippen LogP contribution in [-0.4, -0.2) is 39.9 Å². The average molecular weight is 300 g/mol. The van der Waals surface area contributed by atoms with Gasteiger partial charge in [0.2, 0.25) is 0 Å². The number of rotatable bonds is 4. The molecule has 1 unspecified atom stereocenters. The molecule has 2 aromatic rings. The van der Waals surface area contributed by atoms with Crippen LogP contribution in [0, 0.1) is 0 Å². The summed E-state index contributed by atoms with van der Waals surface area (Å²) in [6, 6.07) is 7.69. The van der Waals surface area contributed by atoms with E-state index in [9.17, 15) is 4.79 Å². The second-order valence-electron chi connectivity index (χ2n) is 5.45. The van der Waals surface area contributed by atoms with Crippen LogP contribution in [0.5, 0.6) is 0 Å². The zero-order chi connectivity index (χ0) is 15.4. The maximum atomic E-state index is 11.9. The number of carbonyl (C=O) groups excluding carboxylic acids is 1. The smallest absolute Gasteiger partial charge is 0.319 e. The molecule has 1 aromatic carbocycles. The number of nitrogens with zero attached hydrogens (tertiary/aromatic N) is 3. The topological polar surface area (TPSA) is 83.9 Å². The summed E-state index contributed by atoms with van der Waals surface area (Å²) in [5.41, 5.74) is 1.60. The first-order chi connectivity index (χ1) is 10.7.